The zero-order chi connectivity index (χ0) is 17.3. The fourth-order valence-corrected chi connectivity index (χ4v) is 3.85. The van der Waals surface area contributed by atoms with Gasteiger partial charge < -0.3 is 15.0 Å². The van der Waals surface area contributed by atoms with E-state index in [4.69, 9.17) is 4.74 Å². The zero-order valence-electron chi connectivity index (χ0n) is 14.5. The SMILES string of the molecule is COc1ccc(CN2CC(=O)N3C[C@@H](NC(C)=O)C[C@H]3C2)cc1C. The van der Waals surface area contributed by atoms with E-state index in [2.05, 4.69) is 22.3 Å². The molecule has 1 N–H and O–H groups in total. The molecule has 2 aliphatic heterocycles. The maximum Gasteiger partial charge on any atom is 0.237 e. The summed E-state index contributed by atoms with van der Waals surface area (Å²) in [6.45, 7) is 6.24. The Balaban J connectivity index is 1.64. The minimum absolute atomic E-state index is 0.0298. The topological polar surface area (TPSA) is 61.9 Å². The molecule has 6 nitrogen and oxygen atoms in total. The molecule has 2 atom stereocenters. The van der Waals surface area contributed by atoms with Gasteiger partial charge in [-0.25, -0.2) is 0 Å². The summed E-state index contributed by atoms with van der Waals surface area (Å²) in [4.78, 5) is 27.8. The number of ether oxygens (including phenoxy) is 1. The van der Waals surface area contributed by atoms with Gasteiger partial charge >= 0.3 is 0 Å². The first kappa shape index (κ1) is 16.8. The zero-order valence-corrected chi connectivity index (χ0v) is 14.5. The van der Waals surface area contributed by atoms with E-state index >= 15 is 0 Å². The van der Waals surface area contributed by atoms with Gasteiger partial charge in [0.05, 0.1) is 13.7 Å². The van der Waals surface area contributed by atoms with Gasteiger partial charge in [-0.05, 0) is 30.5 Å². The predicted octanol–water partition coefficient (Wildman–Crippen LogP) is 0.925. The third kappa shape index (κ3) is 3.53. The Bertz CT molecular complexity index is 646. The van der Waals surface area contributed by atoms with Crippen molar-refractivity contribution in [1.29, 1.82) is 0 Å². The van der Waals surface area contributed by atoms with Crippen LogP contribution in [0.2, 0.25) is 0 Å². The fourth-order valence-electron chi connectivity index (χ4n) is 3.85. The number of fused-ring (bicyclic) bond motifs is 1. The number of carbonyl (C=O) groups is 2. The van der Waals surface area contributed by atoms with Crippen LogP contribution in [0, 0.1) is 6.92 Å². The molecule has 6 heteroatoms. The van der Waals surface area contributed by atoms with Crippen molar-refractivity contribution in [3.05, 3.63) is 29.3 Å². The number of rotatable bonds is 4. The van der Waals surface area contributed by atoms with E-state index in [9.17, 15) is 9.59 Å². The number of hydrogen-bond acceptors (Lipinski definition) is 4. The van der Waals surface area contributed by atoms with Gasteiger partial charge in [-0.3, -0.25) is 14.5 Å². The molecule has 0 unspecified atom stereocenters. The highest BCUT2D eigenvalue weighted by molar-refractivity contribution is 5.80. The molecule has 2 amide bonds. The third-order valence-electron chi connectivity index (χ3n) is 4.84. The Kier molecular flexibility index (Phi) is 4.76. The Morgan fingerprint density at radius 3 is 2.83 bits per heavy atom. The molecule has 130 valence electrons. The van der Waals surface area contributed by atoms with Crippen molar-refractivity contribution in [1.82, 2.24) is 15.1 Å². The summed E-state index contributed by atoms with van der Waals surface area (Å²) < 4.78 is 5.30. The molecule has 0 aromatic heterocycles. The fraction of sp³-hybridized carbons (Fsp3) is 0.556. The van der Waals surface area contributed by atoms with Gasteiger partial charge in [0.1, 0.15) is 5.75 Å². The van der Waals surface area contributed by atoms with Crippen LogP contribution in [0.3, 0.4) is 0 Å². The molecule has 1 aromatic rings. The van der Waals surface area contributed by atoms with Crippen LogP contribution in [0.5, 0.6) is 5.75 Å². The standard InChI is InChI=1S/C18H25N3O3/c1-12-6-14(4-5-17(12)24-3)8-20-10-16-7-15(19-13(2)22)9-21(16)18(23)11-20/h4-6,15-16H,7-11H2,1-3H3,(H,19,22)/t15-,16-/m0/s1. The number of nitrogens with zero attached hydrogens (tertiary/aromatic N) is 2. The monoisotopic (exact) mass is 331 g/mol. The van der Waals surface area contributed by atoms with Crippen molar-refractivity contribution in [2.45, 2.75) is 38.9 Å². The number of piperazine rings is 1. The third-order valence-corrected chi connectivity index (χ3v) is 4.84. The Morgan fingerprint density at radius 2 is 2.17 bits per heavy atom. The van der Waals surface area contributed by atoms with Gasteiger partial charge in [0.15, 0.2) is 0 Å². The van der Waals surface area contributed by atoms with E-state index in [-0.39, 0.29) is 23.9 Å². The van der Waals surface area contributed by atoms with Gasteiger partial charge in [-0.2, -0.15) is 0 Å². The maximum atomic E-state index is 12.4. The van der Waals surface area contributed by atoms with Crippen LogP contribution in [0.25, 0.3) is 0 Å². The molecule has 1 aromatic carbocycles. The molecule has 2 fully saturated rings. The summed E-state index contributed by atoms with van der Waals surface area (Å²) >= 11 is 0. The first-order valence-corrected chi connectivity index (χ1v) is 8.38. The Morgan fingerprint density at radius 1 is 1.38 bits per heavy atom. The second-order valence-electron chi connectivity index (χ2n) is 6.81. The van der Waals surface area contributed by atoms with Crippen LogP contribution >= 0.6 is 0 Å². The number of hydrogen-bond donors (Lipinski definition) is 1. The van der Waals surface area contributed by atoms with Gasteiger partial charge in [0.2, 0.25) is 11.8 Å². The minimum Gasteiger partial charge on any atom is -0.496 e. The Hall–Kier alpha value is -2.08. The quantitative estimate of drug-likeness (QED) is 0.891. The molecular weight excluding hydrogens is 306 g/mol. The molecule has 0 saturated carbocycles. The maximum absolute atomic E-state index is 12.4. The summed E-state index contributed by atoms with van der Waals surface area (Å²) in [5.41, 5.74) is 2.29. The highest BCUT2D eigenvalue weighted by atomic mass is 16.5. The number of aryl methyl sites for hydroxylation is 1. The van der Waals surface area contributed by atoms with Crippen molar-refractivity contribution in [2.75, 3.05) is 26.7 Å². The van der Waals surface area contributed by atoms with E-state index in [0.717, 1.165) is 30.8 Å². The van der Waals surface area contributed by atoms with E-state index in [1.165, 1.54) is 12.5 Å². The predicted molar refractivity (Wildman–Crippen MR) is 90.7 cm³/mol. The molecule has 3 rings (SSSR count). The van der Waals surface area contributed by atoms with E-state index in [0.29, 0.717) is 13.1 Å². The van der Waals surface area contributed by atoms with Gasteiger partial charge in [-0.15, -0.1) is 0 Å². The average molecular weight is 331 g/mol. The molecule has 0 radical (unpaired) electrons. The summed E-state index contributed by atoms with van der Waals surface area (Å²) in [5.74, 6) is 1.01. The molecule has 2 heterocycles. The molecule has 0 spiro atoms. The lowest BCUT2D eigenvalue weighted by molar-refractivity contribution is -0.138. The van der Waals surface area contributed by atoms with Crippen LogP contribution in [0.15, 0.2) is 18.2 Å². The van der Waals surface area contributed by atoms with Crippen LogP contribution in [0.1, 0.15) is 24.5 Å². The number of methoxy groups -OCH3 is 1. The summed E-state index contributed by atoms with van der Waals surface area (Å²) in [6.07, 6.45) is 0.837. The Labute approximate surface area is 142 Å². The summed E-state index contributed by atoms with van der Waals surface area (Å²) in [6, 6.07) is 6.43. The van der Waals surface area contributed by atoms with Crippen LogP contribution < -0.4 is 10.1 Å². The molecule has 24 heavy (non-hydrogen) atoms. The molecule has 0 bridgehead atoms. The molecule has 2 saturated heterocycles. The van der Waals surface area contributed by atoms with Crippen LogP contribution in [0.4, 0.5) is 0 Å². The van der Waals surface area contributed by atoms with Crippen molar-refractivity contribution in [3.63, 3.8) is 0 Å². The van der Waals surface area contributed by atoms with Crippen LogP contribution in [-0.2, 0) is 16.1 Å². The average Bonchev–Trinajstić information content (AvgIpc) is 2.89. The second-order valence-corrected chi connectivity index (χ2v) is 6.81. The molecule has 2 aliphatic rings. The number of nitrogens with one attached hydrogen (secondary N) is 1. The number of benzene rings is 1. The van der Waals surface area contributed by atoms with Crippen molar-refractivity contribution in [3.8, 4) is 5.75 Å². The highest BCUT2D eigenvalue weighted by Crippen LogP contribution is 2.25. The lowest BCUT2D eigenvalue weighted by Gasteiger charge is -2.37. The largest absolute Gasteiger partial charge is 0.496 e. The lowest BCUT2D eigenvalue weighted by atomic mass is 10.1. The van der Waals surface area contributed by atoms with Crippen molar-refractivity contribution in [2.24, 2.45) is 0 Å². The highest BCUT2D eigenvalue weighted by Gasteiger charge is 2.40. The number of carbonyl (C=O) groups excluding carboxylic acids is 2. The lowest BCUT2D eigenvalue weighted by Crippen LogP contribution is -2.53. The molecular formula is C18H25N3O3. The van der Waals surface area contributed by atoms with Crippen molar-refractivity contribution < 1.29 is 14.3 Å². The van der Waals surface area contributed by atoms with E-state index < -0.39 is 0 Å². The number of amides is 2. The first-order valence-electron chi connectivity index (χ1n) is 8.38. The van der Waals surface area contributed by atoms with Gasteiger partial charge in [0.25, 0.3) is 0 Å². The smallest absolute Gasteiger partial charge is 0.237 e. The first-order chi connectivity index (χ1) is 11.5. The van der Waals surface area contributed by atoms with Gasteiger partial charge in [0, 0.05) is 38.6 Å². The second kappa shape index (κ2) is 6.81. The van der Waals surface area contributed by atoms with Crippen LogP contribution in [-0.4, -0.2) is 60.4 Å². The summed E-state index contributed by atoms with van der Waals surface area (Å²) in [7, 11) is 1.67. The normalized spacial score (nSPS) is 24.0. The van der Waals surface area contributed by atoms with E-state index in [1.54, 1.807) is 7.11 Å². The molecule has 0 aliphatic carbocycles. The van der Waals surface area contributed by atoms with Gasteiger partial charge in [-0.1, -0.05) is 12.1 Å². The minimum atomic E-state index is -0.0298. The summed E-state index contributed by atoms with van der Waals surface area (Å²) in [5, 5.41) is 2.94. The van der Waals surface area contributed by atoms with Crippen molar-refractivity contribution >= 4 is 11.8 Å². The van der Waals surface area contributed by atoms with E-state index in [1.807, 2.05) is 17.9 Å².